The zero-order chi connectivity index (χ0) is 17.2. The maximum absolute atomic E-state index is 12.6. The lowest BCUT2D eigenvalue weighted by Crippen LogP contribution is -2.56. The van der Waals surface area contributed by atoms with E-state index in [9.17, 15) is 14.7 Å². The molecule has 0 aromatic rings. The molecule has 4 heteroatoms. The van der Waals surface area contributed by atoms with Gasteiger partial charge in [-0.2, -0.15) is 0 Å². The molecule has 1 saturated carbocycles. The van der Waals surface area contributed by atoms with Crippen LogP contribution >= 0.6 is 0 Å². The molecule has 0 amide bonds. The molecule has 0 radical (unpaired) electrons. The van der Waals surface area contributed by atoms with Gasteiger partial charge < -0.3 is 9.90 Å². The van der Waals surface area contributed by atoms with E-state index in [4.69, 9.17) is 6.57 Å². The Morgan fingerprint density at radius 3 is 2.52 bits per heavy atom. The molecule has 1 fully saturated rings. The quantitative estimate of drug-likeness (QED) is 0.699. The van der Waals surface area contributed by atoms with E-state index in [2.05, 4.69) is 4.85 Å². The molecule has 3 aliphatic rings. The van der Waals surface area contributed by atoms with Crippen LogP contribution in [-0.2, 0) is 9.59 Å². The van der Waals surface area contributed by atoms with Gasteiger partial charge in [-0.25, -0.2) is 4.85 Å². The fourth-order valence-corrected chi connectivity index (χ4v) is 5.19. The van der Waals surface area contributed by atoms with E-state index < -0.39 is 22.3 Å². The Hall–Kier alpha value is -1.73. The summed E-state index contributed by atoms with van der Waals surface area (Å²) in [5.74, 6) is -0.147. The van der Waals surface area contributed by atoms with Crippen molar-refractivity contribution in [2.24, 2.45) is 22.2 Å². The number of nitrogens with zero attached hydrogens (tertiary/aromatic N) is 1. The molecule has 0 spiro atoms. The Bertz CT molecular complexity index is 709. The standard InChI is InChI=1S/C19H23NO3/c1-17(2)13-6-7-18(3)14(8-11(21)9-15(18)22)19(13,4)10-12(20-5)16(17)23/h8,10,13,15,22H,6-7,9H2,1-4H3/t13-,15+,18+,19-/m0/s1. The number of aliphatic hydroxyl groups is 1. The van der Waals surface area contributed by atoms with Crippen LogP contribution in [0.3, 0.4) is 0 Å². The van der Waals surface area contributed by atoms with Crippen LogP contribution in [-0.4, -0.2) is 22.8 Å². The van der Waals surface area contributed by atoms with Crippen molar-refractivity contribution in [1.29, 1.82) is 0 Å². The van der Waals surface area contributed by atoms with E-state index in [0.717, 1.165) is 18.4 Å². The summed E-state index contributed by atoms with van der Waals surface area (Å²) in [7, 11) is 0. The zero-order valence-corrected chi connectivity index (χ0v) is 14.1. The fraction of sp³-hybridized carbons (Fsp3) is 0.632. The summed E-state index contributed by atoms with van der Waals surface area (Å²) in [5.41, 5.74) is -0.587. The highest BCUT2D eigenvalue weighted by molar-refractivity contribution is 6.03. The third kappa shape index (κ3) is 1.93. The van der Waals surface area contributed by atoms with E-state index >= 15 is 0 Å². The number of rotatable bonds is 0. The first kappa shape index (κ1) is 16.1. The summed E-state index contributed by atoms with van der Waals surface area (Å²) in [6.07, 6.45) is 4.44. The van der Waals surface area contributed by atoms with Crippen molar-refractivity contribution >= 4 is 11.6 Å². The van der Waals surface area contributed by atoms with Crippen LogP contribution in [0.5, 0.6) is 0 Å². The monoisotopic (exact) mass is 313 g/mol. The average molecular weight is 313 g/mol. The molecular formula is C19H23NO3. The predicted molar refractivity (Wildman–Crippen MR) is 86.1 cm³/mol. The third-order valence-electron chi connectivity index (χ3n) is 6.55. The van der Waals surface area contributed by atoms with Crippen molar-refractivity contribution in [1.82, 2.24) is 0 Å². The number of hydrogen-bond donors (Lipinski definition) is 1. The molecule has 4 atom stereocenters. The van der Waals surface area contributed by atoms with Crippen molar-refractivity contribution in [2.45, 2.75) is 53.1 Å². The topological polar surface area (TPSA) is 58.7 Å². The third-order valence-corrected chi connectivity index (χ3v) is 6.55. The summed E-state index contributed by atoms with van der Waals surface area (Å²) in [6, 6.07) is 0. The summed E-state index contributed by atoms with van der Waals surface area (Å²) in [5, 5.41) is 10.5. The lowest BCUT2D eigenvalue weighted by atomic mass is 9.45. The Morgan fingerprint density at radius 1 is 1.26 bits per heavy atom. The molecular weight excluding hydrogens is 290 g/mol. The van der Waals surface area contributed by atoms with Crippen molar-refractivity contribution in [2.75, 3.05) is 0 Å². The van der Waals surface area contributed by atoms with Gasteiger partial charge in [0.15, 0.2) is 11.6 Å². The number of ketones is 2. The van der Waals surface area contributed by atoms with Crippen LogP contribution in [0.1, 0.15) is 47.0 Å². The minimum absolute atomic E-state index is 0.0328. The summed E-state index contributed by atoms with van der Waals surface area (Å²) < 4.78 is 0. The summed E-state index contributed by atoms with van der Waals surface area (Å²) >= 11 is 0. The van der Waals surface area contributed by atoms with Crippen molar-refractivity contribution in [3.05, 3.63) is 34.8 Å². The molecule has 0 saturated heterocycles. The van der Waals surface area contributed by atoms with Gasteiger partial charge in [0.05, 0.1) is 12.7 Å². The van der Waals surface area contributed by atoms with Gasteiger partial charge in [-0.3, -0.25) is 4.79 Å². The van der Waals surface area contributed by atoms with Gasteiger partial charge in [0, 0.05) is 22.7 Å². The molecule has 3 aliphatic carbocycles. The van der Waals surface area contributed by atoms with Crippen LogP contribution < -0.4 is 0 Å². The van der Waals surface area contributed by atoms with Crippen molar-refractivity contribution in [3.63, 3.8) is 0 Å². The molecule has 1 N–H and O–H groups in total. The Morgan fingerprint density at radius 2 is 1.91 bits per heavy atom. The highest BCUT2D eigenvalue weighted by atomic mass is 16.3. The Kier molecular flexibility index (Phi) is 3.26. The number of carbonyl (C=O) groups is 2. The van der Waals surface area contributed by atoms with Crippen LogP contribution in [0.25, 0.3) is 4.85 Å². The first-order valence-corrected chi connectivity index (χ1v) is 8.16. The predicted octanol–water partition coefficient (Wildman–Crippen LogP) is 3.08. The van der Waals surface area contributed by atoms with Gasteiger partial charge in [0.25, 0.3) is 0 Å². The van der Waals surface area contributed by atoms with E-state index in [1.807, 2.05) is 27.7 Å². The van der Waals surface area contributed by atoms with Crippen LogP contribution in [0.2, 0.25) is 0 Å². The minimum Gasteiger partial charge on any atom is -0.392 e. The maximum Gasteiger partial charge on any atom is 0.226 e. The number of allylic oxidation sites excluding steroid dienone is 3. The maximum atomic E-state index is 12.6. The highest BCUT2D eigenvalue weighted by Gasteiger charge is 2.60. The van der Waals surface area contributed by atoms with Gasteiger partial charge in [-0.1, -0.05) is 33.8 Å². The largest absolute Gasteiger partial charge is 0.392 e. The van der Waals surface area contributed by atoms with E-state index in [1.165, 1.54) is 0 Å². The van der Waals surface area contributed by atoms with Gasteiger partial charge >= 0.3 is 0 Å². The zero-order valence-electron chi connectivity index (χ0n) is 14.1. The number of hydrogen-bond acceptors (Lipinski definition) is 3. The van der Waals surface area contributed by atoms with Crippen LogP contribution in [0.4, 0.5) is 0 Å². The number of Topliss-reactive ketones (excluding diaryl/α,β-unsaturated/α-hetero) is 1. The molecule has 0 aliphatic heterocycles. The number of carbonyl (C=O) groups excluding carboxylic acids is 2. The second-order valence-corrected chi connectivity index (χ2v) is 8.23. The molecule has 0 bridgehead atoms. The molecule has 0 aromatic heterocycles. The Balaban J connectivity index is 2.27. The number of aliphatic hydroxyl groups excluding tert-OH is 1. The molecule has 0 heterocycles. The van der Waals surface area contributed by atoms with Gasteiger partial charge in [0.1, 0.15) is 0 Å². The van der Waals surface area contributed by atoms with E-state index in [1.54, 1.807) is 12.2 Å². The minimum atomic E-state index is -0.696. The van der Waals surface area contributed by atoms with Gasteiger partial charge in [-0.15, -0.1) is 0 Å². The average Bonchev–Trinajstić information content (AvgIpc) is 2.46. The summed E-state index contributed by atoms with van der Waals surface area (Å²) in [4.78, 5) is 28.2. The van der Waals surface area contributed by atoms with Crippen LogP contribution in [0, 0.1) is 28.7 Å². The lowest BCUT2D eigenvalue weighted by molar-refractivity contribution is -0.132. The van der Waals surface area contributed by atoms with Gasteiger partial charge in [0.2, 0.25) is 5.70 Å². The van der Waals surface area contributed by atoms with E-state index in [0.29, 0.717) is 0 Å². The first-order valence-electron chi connectivity index (χ1n) is 8.16. The Labute approximate surface area is 137 Å². The smallest absolute Gasteiger partial charge is 0.226 e. The molecule has 3 rings (SSSR count). The normalized spacial score (nSPS) is 42.1. The molecule has 122 valence electrons. The molecule has 4 nitrogen and oxygen atoms in total. The van der Waals surface area contributed by atoms with Crippen LogP contribution in [0.15, 0.2) is 23.4 Å². The van der Waals surface area contributed by atoms with Crippen molar-refractivity contribution in [3.8, 4) is 0 Å². The second-order valence-electron chi connectivity index (χ2n) is 8.23. The van der Waals surface area contributed by atoms with Gasteiger partial charge in [-0.05, 0) is 30.4 Å². The fourth-order valence-electron chi connectivity index (χ4n) is 5.19. The second kappa shape index (κ2) is 4.64. The SMILES string of the molecule is [C-]#[N+]C1=C[C@]2(C)C3=CC(=O)C[C@@H](O)[C@]3(C)CC[C@H]2C(C)(C)C1=O. The molecule has 0 unspecified atom stereocenters. The molecule has 0 aromatic carbocycles. The molecule has 23 heavy (non-hydrogen) atoms. The van der Waals surface area contributed by atoms with E-state index in [-0.39, 0.29) is 29.6 Å². The highest BCUT2D eigenvalue weighted by Crippen LogP contribution is 2.64. The number of fused-ring (bicyclic) bond motifs is 3. The lowest BCUT2D eigenvalue weighted by Gasteiger charge is -2.59. The first-order chi connectivity index (χ1) is 10.6. The summed E-state index contributed by atoms with van der Waals surface area (Å²) in [6.45, 7) is 15.2. The van der Waals surface area contributed by atoms with Crippen molar-refractivity contribution < 1.29 is 14.7 Å².